The number of amides is 2. The molecule has 0 aliphatic carbocycles. The number of hydrogen-bond acceptors (Lipinski definition) is 6. The quantitative estimate of drug-likeness (QED) is 0.523. The van der Waals surface area contributed by atoms with Crippen molar-refractivity contribution in [3.05, 3.63) is 53.3 Å². The Hall–Kier alpha value is -2.78. The summed E-state index contributed by atoms with van der Waals surface area (Å²) >= 11 is 1.40. The summed E-state index contributed by atoms with van der Waals surface area (Å²) in [6.07, 6.45) is 4.33. The maximum Gasteiger partial charge on any atom is 0.352 e. The van der Waals surface area contributed by atoms with Gasteiger partial charge < -0.3 is 21.3 Å². The number of rotatable bonds is 6. The Morgan fingerprint density at radius 1 is 1.39 bits per heavy atom. The average Bonchev–Trinajstić information content (AvgIpc) is 2.69. The van der Waals surface area contributed by atoms with E-state index in [1.54, 1.807) is 6.08 Å². The van der Waals surface area contributed by atoms with Gasteiger partial charge in [0.15, 0.2) is 0 Å². The number of allylic oxidation sites excluding steroid dienone is 2. The molecule has 1 saturated heterocycles. The van der Waals surface area contributed by atoms with Crippen molar-refractivity contribution in [2.75, 3.05) is 5.75 Å². The first-order valence-corrected chi connectivity index (χ1v) is 9.82. The number of aromatic hydroxyl groups is 1. The maximum atomic E-state index is 12.6. The number of carbonyl (C=O) groups excluding carboxylic acids is 2. The largest absolute Gasteiger partial charge is 0.508 e. The first-order valence-electron chi connectivity index (χ1n) is 8.77. The number of thioether (sulfide) groups is 1. The molecule has 3 rings (SSSR count). The Labute approximate surface area is 166 Å². The summed E-state index contributed by atoms with van der Waals surface area (Å²) in [6, 6.07) is 4.07. The van der Waals surface area contributed by atoms with Crippen LogP contribution in [-0.4, -0.2) is 50.1 Å². The number of carboxylic acid groups (broad SMARTS) is 1. The zero-order valence-electron chi connectivity index (χ0n) is 15.2. The Kier molecular flexibility index (Phi) is 5.76. The Balaban J connectivity index is 1.74. The van der Waals surface area contributed by atoms with Gasteiger partial charge in [-0.05, 0) is 29.7 Å². The summed E-state index contributed by atoms with van der Waals surface area (Å²) in [5.41, 5.74) is 6.98. The van der Waals surface area contributed by atoms with Crippen LogP contribution < -0.4 is 11.1 Å². The highest BCUT2D eigenvalue weighted by Crippen LogP contribution is 2.40. The monoisotopic (exact) mass is 403 g/mol. The third-order valence-electron chi connectivity index (χ3n) is 4.59. The van der Waals surface area contributed by atoms with E-state index in [2.05, 4.69) is 5.32 Å². The normalized spacial score (nSPS) is 22.6. The molecule has 2 heterocycles. The predicted molar refractivity (Wildman–Crippen MR) is 104 cm³/mol. The standard InChI is InChI=1S/C19H21N3O5S/c1-2-3-4-11-9-28-18-14(17(25)22(18)15(11)19(26)27)21-16(24)13(20)10-5-7-12(23)8-6-10/h3-8,13-14,18,23H,2,9,20H2,1H3,(H,21,24)(H,26,27)/b4-3+. The van der Waals surface area contributed by atoms with Crippen molar-refractivity contribution in [1.82, 2.24) is 10.2 Å². The number of carbonyl (C=O) groups is 3. The summed E-state index contributed by atoms with van der Waals surface area (Å²) in [5.74, 6) is -1.69. The van der Waals surface area contributed by atoms with Crippen LogP contribution in [0.2, 0.25) is 0 Å². The van der Waals surface area contributed by atoms with Gasteiger partial charge in [-0.3, -0.25) is 14.5 Å². The molecule has 148 valence electrons. The first-order chi connectivity index (χ1) is 13.3. The van der Waals surface area contributed by atoms with Crippen molar-refractivity contribution < 1.29 is 24.6 Å². The highest BCUT2D eigenvalue weighted by Gasteiger charge is 2.54. The lowest BCUT2D eigenvalue weighted by Crippen LogP contribution is -2.71. The summed E-state index contributed by atoms with van der Waals surface area (Å²) in [6.45, 7) is 1.94. The van der Waals surface area contributed by atoms with E-state index in [4.69, 9.17) is 5.73 Å². The number of phenolic OH excluding ortho intramolecular Hbond substituents is 1. The molecule has 2 aliphatic heterocycles. The van der Waals surface area contributed by atoms with Gasteiger partial charge in [0.05, 0.1) is 0 Å². The van der Waals surface area contributed by atoms with Crippen LogP contribution in [0.25, 0.3) is 0 Å². The minimum atomic E-state index is -1.17. The smallest absolute Gasteiger partial charge is 0.352 e. The van der Waals surface area contributed by atoms with Gasteiger partial charge >= 0.3 is 5.97 Å². The van der Waals surface area contributed by atoms with Gasteiger partial charge in [0.1, 0.15) is 28.9 Å². The number of phenols is 1. The molecule has 1 fully saturated rings. The highest BCUT2D eigenvalue weighted by atomic mass is 32.2. The summed E-state index contributed by atoms with van der Waals surface area (Å²) < 4.78 is 0. The fourth-order valence-electron chi connectivity index (χ4n) is 3.11. The molecule has 2 amide bonds. The molecule has 3 unspecified atom stereocenters. The molecule has 1 aromatic carbocycles. The Morgan fingerprint density at radius 3 is 2.68 bits per heavy atom. The maximum absolute atomic E-state index is 12.6. The minimum absolute atomic E-state index is 0.0354. The van der Waals surface area contributed by atoms with Crippen molar-refractivity contribution >= 4 is 29.5 Å². The number of β-lactam (4-membered cyclic amide) rings is 1. The van der Waals surface area contributed by atoms with Crippen LogP contribution in [0.4, 0.5) is 0 Å². The van der Waals surface area contributed by atoms with Crippen LogP contribution in [0.1, 0.15) is 24.9 Å². The Bertz CT molecular complexity index is 865. The van der Waals surface area contributed by atoms with Gasteiger partial charge in [0.2, 0.25) is 5.91 Å². The zero-order valence-corrected chi connectivity index (χ0v) is 16.0. The minimum Gasteiger partial charge on any atom is -0.508 e. The van der Waals surface area contributed by atoms with Gasteiger partial charge in [0.25, 0.3) is 5.91 Å². The summed E-state index contributed by atoms with van der Waals surface area (Å²) in [5, 5.41) is 21.0. The average molecular weight is 403 g/mol. The van der Waals surface area contributed by atoms with E-state index in [0.29, 0.717) is 16.9 Å². The third kappa shape index (κ3) is 3.63. The van der Waals surface area contributed by atoms with Crippen LogP contribution in [0.15, 0.2) is 47.7 Å². The molecule has 5 N–H and O–H groups in total. The molecule has 9 heteroatoms. The van der Waals surface area contributed by atoms with Crippen molar-refractivity contribution in [2.45, 2.75) is 30.8 Å². The molecule has 2 aliphatic rings. The molecular formula is C19H21N3O5S. The molecular weight excluding hydrogens is 382 g/mol. The zero-order chi connectivity index (χ0) is 20.4. The van der Waals surface area contributed by atoms with Crippen molar-refractivity contribution in [3.8, 4) is 5.75 Å². The van der Waals surface area contributed by atoms with Gasteiger partial charge in [-0.2, -0.15) is 0 Å². The molecule has 0 aromatic heterocycles. The molecule has 28 heavy (non-hydrogen) atoms. The number of fused-ring (bicyclic) bond motifs is 1. The van der Waals surface area contributed by atoms with Crippen molar-refractivity contribution in [2.24, 2.45) is 5.73 Å². The number of nitrogens with zero attached hydrogens (tertiary/aromatic N) is 1. The van der Waals surface area contributed by atoms with E-state index in [1.165, 1.54) is 40.9 Å². The lowest BCUT2D eigenvalue weighted by molar-refractivity contribution is -0.150. The lowest BCUT2D eigenvalue weighted by Gasteiger charge is -2.49. The van der Waals surface area contributed by atoms with E-state index in [-0.39, 0.29) is 11.4 Å². The summed E-state index contributed by atoms with van der Waals surface area (Å²) in [7, 11) is 0. The molecule has 8 nitrogen and oxygen atoms in total. The van der Waals surface area contributed by atoms with Gasteiger partial charge in [0, 0.05) is 5.75 Å². The number of aliphatic carboxylic acids is 1. The number of hydrogen-bond donors (Lipinski definition) is 4. The second kappa shape index (κ2) is 8.07. The van der Waals surface area contributed by atoms with E-state index in [9.17, 15) is 24.6 Å². The molecule has 0 saturated carbocycles. The molecule has 0 bridgehead atoms. The fraction of sp³-hybridized carbons (Fsp3) is 0.316. The number of nitrogens with two attached hydrogens (primary N) is 1. The van der Waals surface area contributed by atoms with Gasteiger partial charge in [-0.25, -0.2) is 4.79 Å². The van der Waals surface area contributed by atoms with Crippen LogP contribution in [0.5, 0.6) is 5.75 Å². The van der Waals surface area contributed by atoms with Crippen molar-refractivity contribution in [3.63, 3.8) is 0 Å². The van der Waals surface area contributed by atoms with Crippen LogP contribution in [-0.2, 0) is 14.4 Å². The predicted octanol–water partition coefficient (Wildman–Crippen LogP) is 1.10. The number of nitrogens with one attached hydrogen (secondary N) is 1. The van der Waals surface area contributed by atoms with Gasteiger partial charge in [-0.1, -0.05) is 31.2 Å². The molecule has 1 aromatic rings. The van der Waals surface area contributed by atoms with Crippen molar-refractivity contribution in [1.29, 1.82) is 0 Å². The topological polar surface area (TPSA) is 133 Å². The van der Waals surface area contributed by atoms with Crippen LogP contribution >= 0.6 is 11.8 Å². The fourth-order valence-corrected chi connectivity index (χ4v) is 4.43. The second-order valence-corrected chi connectivity index (χ2v) is 7.56. The number of carboxylic acids is 1. The lowest BCUT2D eigenvalue weighted by atomic mass is 10.0. The first kappa shape index (κ1) is 20.0. The Morgan fingerprint density at radius 2 is 2.07 bits per heavy atom. The summed E-state index contributed by atoms with van der Waals surface area (Å²) in [4.78, 5) is 37.9. The highest BCUT2D eigenvalue weighted by molar-refractivity contribution is 8.00. The second-order valence-electron chi connectivity index (χ2n) is 6.45. The molecule has 0 radical (unpaired) electrons. The number of benzene rings is 1. The van der Waals surface area contributed by atoms with Crippen LogP contribution in [0, 0.1) is 0 Å². The van der Waals surface area contributed by atoms with Gasteiger partial charge in [-0.15, -0.1) is 11.8 Å². The van der Waals surface area contributed by atoms with Crippen LogP contribution in [0.3, 0.4) is 0 Å². The van der Waals surface area contributed by atoms with E-state index >= 15 is 0 Å². The third-order valence-corrected chi connectivity index (χ3v) is 5.89. The van der Waals surface area contributed by atoms with E-state index in [0.717, 1.165) is 6.42 Å². The molecule has 3 atom stereocenters. The SMILES string of the molecule is CC/C=C/C1=C(C(=O)O)N2C(=O)C(NC(=O)C(N)c3ccc(O)cc3)C2SC1. The van der Waals surface area contributed by atoms with E-state index < -0.39 is 35.2 Å². The molecule has 0 spiro atoms. The van der Waals surface area contributed by atoms with E-state index in [1.807, 2.05) is 13.0 Å².